The summed E-state index contributed by atoms with van der Waals surface area (Å²) in [5.41, 5.74) is 6.46. The molecule has 0 aliphatic carbocycles. The highest BCUT2D eigenvalue weighted by atomic mass is 35.5. The third kappa shape index (κ3) is 4.66. The van der Waals surface area contributed by atoms with Crippen molar-refractivity contribution in [2.75, 3.05) is 22.6 Å². The first kappa shape index (κ1) is 14.5. The maximum absolute atomic E-state index is 11.6. The van der Waals surface area contributed by atoms with E-state index in [1.165, 1.54) is 0 Å². The highest BCUT2D eigenvalue weighted by Gasteiger charge is 2.10. The minimum Gasteiger partial charge on any atom is -0.399 e. The molecule has 0 unspecified atom stereocenters. The van der Waals surface area contributed by atoms with E-state index in [1.54, 1.807) is 23.9 Å². The second-order valence-electron chi connectivity index (χ2n) is 3.46. The zero-order valence-electron chi connectivity index (χ0n) is 9.43. The lowest BCUT2D eigenvalue weighted by Gasteiger charge is -2.09. The zero-order valence-corrected chi connectivity index (χ0v) is 11.8. The van der Waals surface area contributed by atoms with Crippen molar-refractivity contribution in [3.8, 4) is 0 Å². The predicted octanol–water partition coefficient (Wildman–Crippen LogP) is 3.66. The number of hydrogen-bond acceptors (Lipinski definition) is 3. The summed E-state index contributed by atoms with van der Waals surface area (Å²) >= 11 is 13.5. The number of amides is 1. The van der Waals surface area contributed by atoms with Gasteiger partial charge in [0.25, 0.3) is 0 Å². The van der Waals surface area contributed by atoms with Gasteiger partial charge in [0.1, 0.15) is 0 Å². The molecule has 0 fully saturated rings. The number of thioether (sulfide) groups is 1. The Balaban J connectivity index is 2.65. The molecule has 0 atom stereocenters. The van der Waals surface area contributed by atoms with Gasteiger partial charge in [0.15, 0.2) is 0 Å². The molecule has 3 nitrogen and oxygen atoms in total. The van der Waals surface area contributed by atoms with Crippen molar-refractivity contribution in [3.63, 3.8) is 0 Å². The van der Waals surface area contributed by atoms with Crippen molar-refractivity contribution < 1.29 is 4.79 Å². The monoisotopic (exact) mass is 292 g/mol. The molecule has 0 spiro atoms. The van der Waals surface area contributed by atoms with Gasteiger partial charge in [-0.25, -0.2) is 0 Å². The third-order valence-corrected chi connectivity index (χ3v) is 3.67. The maximum atomic E-state index is 11.6. The number of nitrogens with two attached hydrogens (primary N) is 1. The molecule has 0 radical (unpaired) electrons. The number of nitrogens with one attached hydrogen (secondary N) is 1. The maximum Gasteiger partial charge on any atom is 0.234 e. The molecular weight excluding hydrogens is 279 g/mol. The summed E-state index contributed by atoms with van der Waals surface area (Å²) in [5.74, 6) is 1.23. The first-order chi connectivity index (χ1) is 8.04. The number of nitrogen functional groups attached to an aromatic ring is 1. The smallest absolute Gasteiger partial charge is 0.234 e. The van der Waals surface area contributed by atoms with E-state index in [0.29, 0.717) is 27.2 Å². The molecule has 0 aromatic heterocycles. The number of anilines is 2. The van der Waals surface area contributed by atoms with Crippen molar-refractivity contribution in [2.45, 2.75) is 13.3 Å². The second-order valence-corrected chi connectivity index (χ2v) is 5.38. The van der Waals surface area contributed by atoms with Crippen LogP contribution in [0.4, 0.5) is 11.4 Å². The van der Waals surface area contributed by atoms with Crippen molar-refractivity contribution in [2.24, 2.45) is 0 Å². The van der Waals surface area contributed by atoms with E-state index in [-0.39, 0.29) is 5.91 Å². The van der Waals surface area contributed by atoms with E-state index >= 15 is 0 Å². The van der Waals surface area contributed by atoms with Gasteiger partial charge in [0, 0.05) is 5.69 Å². The summed E-state index contributed by atoms with van der Waals surface area (Å²) in [6.45, 7) is 2.07. The molecule has 1 aromatic carbocycles. The Morgan fingerprint density at radius 1 is 1.41 bits per heavy atom. The van der Waals surface area contributed by atoms with Gasteiger partial charge in [0.05, 0.1) is 21.5 Å². The van der Waals surface area contributed by atoms with Crippen LogP contribution in [-0.2, 0) is 4.79 Å². The lowest BCUT2D eigenvalue weighted by molar-refractivity contribution is -0.113. The molecule has 3 N–H and O–H groups in total. The molecule has 1 amide bonds. The first-order valence-corrected chi connectivity index (χ1v) is 7.07. The van der Waals surface area contributed by atoms with E-state index in [2.05, 4.69) is 12.2 Å². The van der Waals surface area contributed by atoms with E-state index in [1.807, 2.05) is 0 Å². The number of halogens is 2. The number of carbonyl (C=O) groups is 1. The second kappa shape index (κ2) is 6.99. The fourth-order valence-corrected chi connectivity index (χ4v) is 2.49. The standard InChI is InChI=1S/C11H14Cl2N2OS/c1-2-3-17-6-10(16)15-11-8(12)4-7(14)5-9(11)13/h4-5H,2-3,6,14H2,1H3,(H,15,16). The summed E-state index contributed by atoms with van der Waals surface area (Å²) in [4.78, 5) is 11.6. The predicted molar refractivity (Wildman–Crippen MR) is 77.1 cm³/mol. The van der Waals surface area contributed by atoms with Crippen molar-refractivity contribution in [3.05, 3.63) is 22.2 Å². The average molecular weight is 293 g/mol. The molecule has 0 bridgehead atoms. The first-order valence-electron chi connectivity index (χ1n) is 5.16. The number of benzene rings is 1. The van der Waals surface area contributed by atoms with Gasteiger partial charge in [-0.05, 0) is 24.3 Å². The Morgan fingerprint density at radius 3 is 2.53 bits per heavy atom. The summed E-state index contributed by atoms with van der Waals surface area (Å²) in [6, 6.07) is 3.12. The molecular formula is C11H14Cl2N2OS. The molecule has 1 rings (SSSR count). The SMILES string of the molecule is CCCSCC(=O)Nc1c(Cl)cc(N)cc1Cl. The number of carbonyl (C=O) groups excluding carboxylic acids is 1. The molecule has 0 aliphatic rings. The van der Waals surface area contributed by atoms with Crippen LogP contribution in [0.25, 0.3) is 0 Å². The van der Waals surface area contributed by atoms with E-state index in [4.69, 9.17) is 28.9 Å². The van der Waals surface area contributed by atoms with Crippen molar-refractivity contribution >= 4 is 52.2 Å². The molecule has 0 saturated carbocycles. The van der Waals surface area contributed by atoms with Crippen LogP contribution in [0.3, 0.4) is 0 Å². The fraction of sp³-hybridized carbons (Fsp3) is 0.364. The van der Waals surface area contributed by atoms with Gasteiger partial charge >= 0.3 is 0 Å². The van der Waals surface area contributed by atoms with Crippen molar-refractivity contribution in [1.29, 1.82) is 0 Å². The van der Waals surface area contributed by atoms with Crippen LogP contribution < -0.4 is 11.1 Å². The molecule has 1 aromatic rings. The Hall–Kier alpha value is -0.580. The molecule has 17 heavy (non-hydrogen) atoms. The van der Waals surface area contributed by atoms with Gasteiger partial charge in [-0.3, -0.25) is 4.79 Å². The quantitative estimate of drug-likeness (QED) is 0.643. The van der Waals surface area contributed by atoms with Crippen LogP contribution >= 0.6 is 35.0 Å². The largest absolute Gasteiger partial charge is 0.399 e. The highest BCUT2D eigenvalue weighted by Crippen LogP contribution is 2.32. The van der Waals surface area contributed by atoms with Gasteiger partial charge < -0.3 is 11.1 Å². The van der Waals surface area contributed by atoms with E-state index in [0.717, 1.165) is 12.2 Å². The van der Waals surface area contributed by atoms with Crippen LogP contribution in [-0.4, -0.2) is 17.4 Å². The molecule has 0 saturated heterocycles. The Morgan fingerprint density at radius 2 is 2.00 bits per heavy atom. The normalized spacial score (nSPS) is 10.3. The Bertz CT molecular complexity index is 389. The van der Waals surface area contributed by atoms with Crippen LogP contribution in [0.1, 0.15) is 13.3 Å². The molecule has 6 heteroatoms. The van der Waals surface area contributed by atoms with Gasteiger partial charge in [-0.2, -0.15) is 11.8 Å². The van der Waals surface area contributed by atoms with E-state index in [9.17, 15) is 4.79 Å². The summed E-state index contributed by atoms with van der Waals surface area (Å²) in [7, 11) is 0. The van der Waals surface area contributed by atoms with Crippen LogP contribution in [0, 0.1) is 0 Å². The lowest BCUT2D eigenvalue weighted by Crippen LogP contribution is -2.15. The van der Waals surface area contributed by atoms with Crippen LogP contribution in [0.5, 0.6) is 0 Å². The Kier molecular flexibility index (Phi) is 5.95. The van der Waals surface area contributed by atoms with Gasteiger partial charge in [-0.15, -0.1) is 0 Å². The van der Waals surface area contributed by atoms with Gasteiger partial charge in [0.2, 0.25) is 5.91 Å². The molecule has 94 valence electrons. The topological polar surface area (TPSA) is 55.1 Å². The van der Waals surface area contributed by atoms with Crippen molar-refractivity contribution in [1.82, 2.24) is 0 Å². The van der Waals surface area contributed by atoms with Crippen LogP contribution in [0.2, 0.25) is 10.0 Å². The molecule has 0 aliphatic heterocycles. The highest BCUT2D eigenvalue weighted by molar-refractivity contribution is 7.99. The Labute approximate surface area is 115 Å². The minimum atomic E-state index is -0.114. The summed E-state index contributed by atoms with van der Waals surface area (Å²) in [6.07, 6.45) is 1.04. The zero-order chi connectivity index (χ0) is 12.8. The lowest BCUT2D eigenvalue weighted by atomic mass is 10.3. The van der Waals surface area contributed by atoms with E-state index < -0.39 is 0 Å². The summed E-state index contributed by atoms with van der Waals surface area (Å²) < 4.78 is 0. The molecule has 0 heterocycles. The summed E-state index contributed by atoms with van der Waals surface area (Å²) in [5, 5.41) is 3.39. The number of hydrogen-bond donors (Lipinski definition) is 2. The average Bonchev–Trinajstić information content (AvgIpc) is 2.24. The van der Waals surface area contributed by atoms with Crippen LogP contribution in [0.15, 0.2) is 12.1 Å². The van der Waals surface area contributed by atoms with Gasteiger partial charge in [-0.1, -0.05) is 30.1 Å². The minimum absolute atomic E-state index is 0.114. The number of rotatable bonds is 5. The third-order valence-electron chi connectivity index (χ3n) is 1.91. The fourth-order valence-electron chi connectivity index (χ4n) is 1.20.